The minimum absolute atomic E-state index is 0.289. The van der Waals surface area contributed by atoms with Gasteiger partial charge in [-0.1, -0.05) is 128 Å². The molecule has 4 heteroatoms. The molecule has 2 aromatic rings. The van der Waals surface area contributed by atoms with Crippen molar-refractivity contribution in [1.82, 2.24) is 0 Å². The summed E-state index contributed by atoms with van der Waals surface area (Å²) in [5.41, 5.74) is 3.66. The lowest BCUT2D eigenvalue weighted by molar-refractivity contribution is 0.0450. The molecule has 38 heavy (non-hydrogen) atoms. The van der Waals surface area contributed by atoms with Crippen LogP contribution in [0.1, 0.15) is 137 Å². The Morgan fingerprint density at radius 1 is 0.500 bits per heavy atom. The Bertz CT molecular complexity index is 818. The smallest absolute Gasteiger partial charge is 0.339 e. The van der Waals surface area contributed by atoms with E-state index in [1.54, 1.807) is 35.4 Å². The van der Waals surface area contributed by atoms with Gasteiger partial charge in [0.15, 0.2) is 0 Å². The minimum Gasteiger partial charge on any atom is -0.462 e. The Morgan fingerprint density at radius 2 is 0.868 bits per heavy atom. The van der Waals surface area contributed by atoms with Crippen LogP contribution in [0.4, 0.5) is 0 Å². The second-order valence-electron chi connectivity index (χ2n) is 9.91. The van der Waals surface area contributed by atoms with E-state index in [2.05, 4.69) is 52.0 Å². The standard InChI is InChI=1S/C22H34O4.C12H18/c1-3-5-7-9-13-17-25-21(23)19-15-11-12-16-20(19)22(24)26-18-14-10-8-6-4-2;1-3-7-11-9-5-6-10-12(11)8-4-2/h11-12,15-16H,3-10,13-14,17-18H2,1-2H3;5-6,9-10H,3-4,7-8H2,1-2H3. The maximum atomic E-state index is 12.3. The average Bonchev–Trinajstić information content (AvgIpc) is 2.94. The molecule has 0 aliphatic carbocycles. The average molecular weight is 525 g/mol. The number of benzene rings is 2. The molecule has 0 amide bonds. The molecule has 0 heterocycles. The van der Waals surface area contributed by atoms with Gasteiger partial charge in [0.1, 0.15) is 0 Å². The van der Waals surface area contributed by atoms with Gasteiger partial charge in [0, 0.05) is 0 Å². The predicted molar refractivity (Wildman–Crippen MR) is 159 cm³/mol. The van der Waals surface area contributed by atoms with Crippen LogP contribution in [-0.4, -0.2) is 25.2 Å². The number of carbonyl (C=O) groups excluding carboxylic acids is 2. The van der Waals surface area contributed by atoms with Crippen molar-refractivity contribution in [2.75, 3.05) is 13.2 Å². The first-order valence-electron chi connectivity index (χ1n) is 15.1. The highest BCUT2D eigenvalue weighted by molar-refractivity contribution is 6.03. The second kappa shape index (κ2) is 22.4. The molecule has 0 aromatic heterocycles. The molecule has 4 nitrogen and oxygen atoms in total. The van der Waals surface area contributed by atoms with Crippen LogP contribution in [0, 0.1) is 0 Å². The molecule has 0 fully saturated rings. The van der Waals surface area contributed by atoms with E-state index in [1.807, 2.05) is 0 Å². The van der Waals surface area contributed by atoms with E-state index in [9.17, 15) is 9.59 Å². The molecular weight excluding hydrogens is 472 g/mol. The molecule has 0 N–H and O–H groups in total. The normalized spacial score (nSPS) is 10.4. The number of carbonyl (C=O) groups is 2. The summed E-state index contributed by atoms with van der Waals surface area (Å²) >= 11 is 0. The van der Waals surface area contributed by atoms with Gasteiger partial charge in [-0.3, -0.25) is 0 Å². The Balaban J connectivity index is 0.000000499. The number of esters is 2. The molecule has 0 spiro atoms. The molecule has 0 saturated heterocycles. The molecular formula is C34H52O4. The van der Waals surface area contributed by atoms with E-state index in [-0.39, 0.29) is 11.1 Å². The number of rotatable bonds is 18. The van der Waals surface area contributed by atoms with Crippen LogP contribution < -0.4 is 0 Å². The van der Waals surface area contributed by atoms with E-state index in [0.29, 0.717) is 13.2 Å². The van der Waals surface area contributed by atoms with Gasteiger partial charge in [-0.05, 0) is 48.9 Å². The van der Waals surface area contributed by atoms with Crippen LogP contribution in [-0.2, 0) is 22.3 Å². The van der Waals surface area contributed by atoms with Gasteiger partial charge < -0.3 is 9.47 Å². The zero-order valence-electron chi connectivity index (χ0n) is 24.6. The van der Waals surface area contributed by atoms with Crippen molar-refractivity contribution in [2.24, 2.45) is 0 Å². The topological polar surface area (TPSA) is 52.6 Å². The summed E-state index contributed by atoms with van der Waals surface area (Å²) in [6, 6.07) is 15.5. The van der Waals surface area contributed by atoms with Gasteiger partial charge in [-0.25, -0.2) is 9.59 Å². The van der Waals surface area contributed by atoms with Crippen molar-refractivity contribution in [1.29, 1.82) is 0 Å². The Kier molecular flexibility index (Phi) is 19.7. The lowest BCUT2D eigenvalue weighted by Crippen LogP contribution is -2.15. The second-order valence-corrected chi connectivity index (χ2v) is 9.91. The SMILES string of the molecule is CCCCCCCOC(=O)c1ccccc1C(=O)OCCCCCCC.CCCc1ccccc1CCC. The van der Waals surface area contributed by atoms with Crippen LogP contribution >= 0.6 is 0 Å². The van der Waals surface area contributed by atoms with E-state index in [4.69, 9.17) is 9.47 Å². The van der Waals surface area contributed by atoms with Crippen LogP contribution in [0.3, 0.4) is 0 Å². The lowest BCUT2D eigenvalue weighted by Gasteiger charge is -2.10. The minimum atomic E-state index is -0.448. The first-order chi connectivity index (χ1) is 18.6. The predicted octanol–water partition coefficient (Wildman–Crippen LogP) is 9.53. The molecule has 0 radical (unpaired) electrons. The number of unbranched alkanes of at least 4 members (excludes halogenated alkanes) is 8. The molecule has 0 bridgehead atoms. The van der Waals surface area contributed by atoms with Crippen LogP contribution in [0.25, 0.3) is 0 Å². The summed E-state index contributed by atoms with van der Waals surface area (Å²) in [7, 11) is 0. The van der Waals surface area contributed by atoms with Crippen LogP contribution in [0.5, 0.6) is 0 Å². The molecule has 0 atom stereocenters. The third-order valence-electron chi connectivity index (χ3n) is 6.49. The van der Waals surface area contributed by atoms with E-state index >= 15 is 0 Å². The summed E-state index contributed by atoms with van der Waals surface area (Å²) in [5, 5.41) is 0. The van der Waals surface area contributed by atoms with Gasteiger partial charge >= 0.3 is 11.9 Å². The monoisotopic (exact) mass is 524 g/mol. The summed E-state index contributed by atoms with van der Waals surface area (Å²) in [5.74, 6) is -0.896. The van der Waals surface area contributed by atoms with E-state index in [0.717, 1.165) is 38.5 Å². The fourth-order valence-corrected chi connectivity index (χ4v) is 4.32. The molecule has 2 aromatic carbocycles. The maximum absolute atomic E-state index is 12.3. The summed E-state index contributed by atoms with van der Waals surface area (Å²) in [4.78, 5) is 24.6. The molecule has 0 unspecified atom stereocenters. The van der Waals surface area contributed by atoms with Crippen LogP contribution in [0.15, 0.2) is 48.5 Å². The Morgan fingerprint density at radius 3 is 1.24 bits per heavy atom. The summed E-state index contributed by atoms with van der Waals surface area (Å²) in [6.07, 6.45) is 15.9. The third-order valence-corrected chi connectivity index (χ3v) is 6.49. The lowest BCUT2D eigenvalue weighted by atomic mass is 10.00. The van der Waals surface area contributed by atoms with Crippen molar-refractivity contribution in [3.8, 4) is 0 Å². The Hall–Kier alpha value is -2.62. The number of ether oxygens (including phenoxy) is 2. The first kappa shape index (κ1) is 33.4. The van der Waals surface area contributed by atoms with Gasteiger partial charge in [0.25, 0.3) is 0 Å². The number of hydrogen-bond acceptors (Lipinski definition) is 4. The molecule has 0 aliphatic heterocycles. The van der Waals surface area contributed by atoms with Crippen molar-refractivity contribution in [3.05, 3.63) is 70.8 Å². The summed E-state index contributed by atoms with van der Waals surface area (Å²) < 4.78 is 10.6. The first-order valence-corrected chi connectivity index (χ1v) is 15.1. The maximum Gasteiger partial charge on any atom is 0.339 e. The highest BCUT2D eigenvalue weighted by atomic mass is 16.5. The number of aryl methyl sites for hydroxylation is 2. The summed E-state index contributed by atoms with van der Waals surface area (Å²) in [6.45, 7) is 9.60. The molecule has 2 rings (SSSR count). The third kappa shape index (κ3) is 14.4. The van der Waals surface area contributed by atoms with Crippen LogP contribution in [0.2, 0.25) is 0 Å². The van der Waals surface area contributed by atoms with Crippen molar-refractivity contribution < 1.29 is 19.1 Å². The fourth-order valence-electron chi connectivity index (χ4n) is 4.32. The molecule has 0 saturated carbocycles. The fraction of sp³-hybridized carbons (Fsp3) is 0.588. The molecule has 212 valence electrons. The van der Waals surface area contributed by atoms with Gasteiger partial charge in [-0.15, -0.1) is 0 Å². The van der Waals surface area contributed by atoms with E-state index < -0.39 is 11.9 Å². The highest BCUT2D eigenvalue weighted by Crippen LogP contribution is 2.14. The van der Waals surface area contributed by atoms with Gasteiger partial charge in [0.05, 0.1) is 24.3 Å². The quantitative estimate of drug-likeness (QED) is 0.144. The zero-order chi connectivity index (χ0) is 27.8. The van der Waals surface area contributed by atoms with Crippen molar-refractivity contribution in [3.63, 3.8) is 0 Å². The zero-order valence-corrected chi connectivity index (χ0v) is 24.6. The number of hydrogen-bond donors (Lipinski definition) is 0. The molecule has 0 aliphatic rings. The highest BCUT2D eigenvalue weighted by Gasteiger charge is 2.18. The van der Waals surface area contributed by atoms with Crippen molar-refractivity contribution in [2.45, 2.75) is 118 Å². The van der Waals surface area contributed by atoms with E-state index in [1.165, 1.54) is 51.4 Å². The van der Waals surface area contributed by atoms with Gasteiger partial charge in [0.2, 0.25) is 0 Å². The largest absolute Gasteiger partial charge is 0.462 e. The van der Waals surface area contributed by atoms with Gasteiger partial charge in [-0.2, -0.15) is 0 Å². The Labute approximate surface area is 232 Å². The van der Waals surface area contributed by atoms with Crippen molar-refractivity contribution >= 4 is 11.9 Å².